The van der Waals surface area contributed by atoms with E-state index in [9.17, 15) is 8.42 Å². The fourth-order valence-electron chi connectivity index (χ4n) is 1.63. The molecule has 100 valence electrons. The van der Waals surface area contributed by atoms with Crippen LogP contribution in [0.4, 0.5) is 0 Å². The second-order valence-corrected chi connectivity index (χ2v) is 5.63. The monoisotopic (exact) mass is 278 g/mol. The summed E-state index contributed by atoms with van der Waals surface area (Å²) in [6.07, 6.45) is 0. The zero-order chi connectivity index (χ0) is 13.9. The van der Waals surface area contributed by atoms with Crippen LogP contribution in [0.2, 0.25) is 0 Å². The minimum atomic E-state index is -4.11. The van der Waals surface area contributed by atoms with Gasteiger partial charge in [-0.15, -0.1) is 0 Å². The maximum absolute atomic E-state index is 10.6. The van der Waals surface area contributed by atoms with E-state index in [0.29, 0.717) is 5.75 Å². The average molecular weight is 278 g/mol. The largest absolute Gasteiger partial charge is 0.475 e. The molecule has 2 rings (SSSR count). The predicted octanol–water partition coefficient (Wildman–Crippen LogP) is 2.89. The van der Waals surface area contributed by atoms with Crippen molar-refractivity contribution in [1.29, 1.82) is 0 Å². The van der Waals surface area contributed by atoms with Gasteiger partial charge in [0.1, 0.15) is 5.75 Å². The van der Waals surface area contributed by atoms with Crippen molar-refractivity contribution in [3.8, 4) is 16.9 Å². The third kappa shape index (κ3) is 4.08. The van der Waals surface area contributed by atoms with Gasteiger partial charge >= 0.3 is 10.1 Å². The molecule has 0 saturated carbocycles. The molecular formula is C14H14O4S. The fraction of sp³-hybridized carbons (Fsp3) is 0.143. The topological polar surface area (TPSA) is 63.6 Å². The second kappa shape index (κ2) is 5.42. The third-order valence-corrected chi connectivity index (χ3v) is 3.03. The van der Waals surface area contributed by atoms with Crippen LogP contribution in [0.5, 0.6) is 5.75 Å². The van der Waals surface area contributed by atoms with Gasteiger partial charge in [-0.05, 0) is 30.2 Å². The van der Waals surface area contributed by atoms with E-state index in [0.717, 1.165) is 11.1 Å². The first-order valence-corrected chi connectivity index (χ1v) is 7.30. The van der Waals surface area contributed by atoms with Crippen molar-refractivity contribution in [2.45, 2.75) is 6.92 Å². The van der Waals surface area contributed by atoms with E-state index in [1.165, 1.54) is 5.56 Å². The number of hydrogen-bond donors (Lipinski definition) is 1. The van der Waals surface area contributed by atoms with Crippen molar-refractivity contribution < 1.29 is 17.7 Å². The normalized spacial score (nSPS) is 11.3. The first-order chi connectivity index (χ1) is 8.94. The molecule has 2 aromatic rings. The van der Waals surface area contributed by atoms with Crippen LogP contribution in [-0.2, 0) is 10.1 Å². The van der Waals surface area contributed by atoms with Crippen LogP contribution in [0.1, 0.15) is 5.56 Å². The molecular weight excluding hydrogens is 264 g/mol. The van der Waals surface area contributed by atoms with Gasteiger partial charge in [0, 0.05) is 0 Å². The van der Waals surface area contributed by atoms with Crippen molar-refractivity contribution >= 4 is 10.1 Å². The molecule has 0 fully saturated rings. The Bertz CT molecular complexity index is 643. The van der Waals surface area contributed by atoms with Crippen LogP contribution < -0.4 is 4.74 Å². The van der Waals surface area contributed by atoms with Crippen LogP contribution in [0.25, 0.3) is 11.1 Å². The molecule has 2 aromatic carbocycles. The quantitative estimate of drug-likeness (QED) is 0.873. The van der Waals surface area contributed by atoms with Gasteiger partial charge < -0.3 is 4.74 Å². The van der Waals surface area contributed by atoms with Gasteiger partial charge in [-0.2, -0.15) is 8.42 Å². The van der Waals surface area contributed by atoms with E-state index in [1.54, 1.807) is 12.1 Å². The SMILES string of the molecule is Cc1ccc(-c2ccc(OCS(=O)(=O)O)cc2)cc1. The molecule has 0 aliphatic rings. The van der Waals surface area contributed by atoms with Gasteiger partial charge in [-0.3, -0.25) is 4.55 Å². The van der Waals surface area contributed by atoms with Crippen molar-refractivity contribution in [2.24, 2.45) is 0 Å². The van der Waals surface area contributed by atoms with Gasteiger partial charge in [0.25, 0.3) is 0 Å². The van der Waals surface area contributed by atoms with Gasteiger partial charge in [0.05, 0.1) is 0 Å². The van der Waals surface area contributed by atoms with Crippen LogP contribution in [0.15, 0.2) is 48.5 Å². The van der Waals surface area contributed by atoms with Gasteiger partial charge in [-0.1, -0.05) is 42.0 Å². The molecule has 0 aliphatic carbocycles. The Morgan fingerprint density at radius 3 is 1.89 bits per heavy atom. The molecule has 0 unspecified atom stereocenters. The van der Waals surface area contributed by atoms with Gasteiger partial charge in [-0.25, -0.2) is 0 Å². The fourth-order valence-corrected chi connectivity index (χ4v) is 1.92. The molecule has 0 radical (unpaired) electrons. The number of benzene rings is 2. The Morgan fingerprint density at radius 2 is 1.42 bits per heavy atom. The first-order valence-electron chi connectivity index (χ1n) is 5.69. The molecule has 19 heavy (non-hydrogen) atoms. The lowest BCUT2D eigenvalue weighted by Crippen LogP contribution is -2.10. The van der Waals surface area contributed by atoms with Gasteiger partial charge in [0.15, 0.2) is 0 Å². The van der Waals surface area contributed by atoms with E-state index < -0.39 is 16.1 Å². The molecule has 0 spiro atoms. The predicted molar refractivity (Wildman–Crippen MR) is 73.7 cm³/mol. The first kappa shape index (κ1) is 13.6. The minimum absolute atomic E-state index is 0.397. The summed E-state index contributed by atoms with van der Waals surface area (Å²) in [6, 6.07) is 15.1. The summed E-state index contributed by atoms with van der Waals surface area (Å²) in [5, 5.41) is 0. The summed E-state index contributed by atoms with van der Waals surface area (Å²) >= 11 is 0. The summed E-state index contributed by atoms with van der Waals surface area (Å²) in [7, 11) is -4.11. The summed E-state index contributed by atoms with van der Waals surface area (Å²) < 4.78 is 34.6. The van der Waals surface area contributed by atoms with Crippen molar-refractivity contribution in [1.82, 2.24) is 0 Å². The number of aryl methyl sites for hydroxylation is 1. The Hall–Kier alpha value is -1.85. The Labute approximate surface area is 112 Å². The zero-order valence-electron chi connectivity index (χ0n) is 10.4. The summed E-state index contributed by atoms with van der Waals surface area (Å²) in [5.74, 6) is -0.342. The highest BCUT2D eigenvalue weighted by atomic mass is 32.2. The number of ether oxygens (including phenoxy) is 1. The number of rotatable bonds is 4. The zero-order valence-corrected chi connectivity index (χ0v) is 11.2. The lowest BCUT2D eigenvalue weighted by atomic mass is 10.0. The molecule has 0 heterocycles. The molecule has 0 aromatic heterocycles. The van der Waals surface area contributed by atoms with Gasteiger partial charge in [0.2, 0.25) is 5.94 Å². The van der Waals surface area contributed by atoms with Crippen molar-refractivity contribution in [3.63, 3.8) is 0 Å². The second-order valence-electron chi connectivity index (χ2n) is 4.23. The van der Waals surface area contributed by atoms with E-state index in [1.807, 2.05) is 43.3 Å². The minimum Gasteiger partial charge on any atom is -0.475 e. The highest BCUT2D eigenvalue weighted by Gasteiger charge is 2.05. The molecule has 0 saturated heterocycles. The molecule has 1 N–H and O–H groups in total. The maximum Gasteiger partial charge on any atom is 0.300 e. The molecule has 0 aliphatic heterocycles. The van der Waals surface area contributed by atoms with Crippen LogP contribution >= 0.6 is 0 Å². The van der Waals surface area contributed by atoms with Crippen molar-refractivity contribution in [2.75, 3.05) is 5.94 Å². The van der Waals surface area contributed by atoms with E-state index >= 15 is 0 Å². The summed E-state index contributed by atoms with van der Waals surface area (Å²) in [5.41, 5.74) is 3.28. The van der Waals surface area contributed by atoms with E-state index in [-0.39, 0.29) is 0 Å². The highest BCUT2D eigenvalue weighted by Crippen LogP contribution is 2.22. The summed E-state index contributed by atoms with van der Waals surface area (Å²) in [4.78, 5) is 0. The standard InChI is InChI=1S/C14H14O4S/c1-11-2-4-12(5-3-11)13-6-8-14(9-7-13)18-10-19(15,16)17/h2-9H,10H2,1H3,(H,15,16,17). The Morgan fingerprint density at radius 1 is 0.947 bits per heavy atom. The lowest BCUT2D eigenvalue weighted by molar-refractivity contribution is 0.353. The smallest absolute Gasteiger partial charge is 0.300 e. The van der Waals surface area contributed by atoms with Crippen LogP contribution in [0.3, 0.4) is 0 Å². The van der Waals surface area contributed by atoms with Crippen LogP contribution in [-0.4, -0.2) is 18.9 Å². The lowest BCUT2D eigenvalue weighted by Gasteiger charge is -2.06. The Balaban J connectivity index is 2.12. The van der Waals surface area contributed by atoms with E-state index in [2.05, 4.69) is 0 Å². The molecule has 0 amide bonds. The number of hydrogen-bond acceptors (Lipinski definition) is 3. The highest BCUT2D eigenvalue weighted by molar-refractivity contribution is 7.85. The van der Waals surface area contributed by atoms with E-state index in [4.69, 9.17) is 9.29 Å². The average Bonchev–Trinajstić information content (AvgIpc) is 2.37. The Kier molecular flexibility index (Phi) is 3.87. The maximum atomic E-state index is 10.6. The molecule has 0 atom stereocenters. The molecule has 5 heteroatoms. The van der Waals surface area contributed by atoms with Crippen molar-refractivity contribution in [3.05, 3.63) is 54.1 Å². The molecule has 4 nitrogen and oxygen atoms in total. The third-order valence-electron chi connectivity index (χ3n) is 2.61. The molecule has 0 bridgehead atoms. The summed E-state index contributed by atoms with van der Waals surface area (Å²) in [6.45, 7) is 2.02. The van der Waals surface area contributed by atoms with Crippen LogP contribution in [0, 0.1) is 6.92 Å².